The summed E-state index contributed by atoms with van der Waals surface area (Å²) in [6, 6.07) is 17.6. The predicted octanol–water partition coefficient (Wildman–Crippen LogP) is 1.56. The van der Waals surface area contributed by atoms with E-state index >= 15 is 0 Å². The fourth-order valence-corrected chi connectivity index (χ4v) is 4.59. The van der Waals surface area contributed by atoms with Crippen LogP contribution in [0.4, 0.5) is 5.69 Å². The van der Waals surface area contributed by atoms with E-state index in [0.29, 0.717) is 25.2 Å². The summed E-state index contributed by atoms with van der Waals surface area (Å²) in [5.41, 5.74) is 2.08. The number of para-hydroxylation sites is 1. The molecule has 1 heterocycles. The molecular weight excluding hydrogens is 414 g/mol. The Morgan fingerprint density at radius 3 is 2.74 bits per heavy atom. The highest BCUT2D eigenvalue weighted by molar-refractivity contribution is 7.89. The van der Waals surface area contributed by atoms with Crippen LogP contribution in [0.5, 0.6) is 0 Å². The average Bonchev–Trinajstić information content (AvgIpc) is 3.26. The number of ether oxygens (including phenoxy) is 1. The van der Waals surface area contributed by atoms with E-state index in [2.05, 4.69) is 49.5 Å². The van der Waals surface area contributed by atoms with Gasteiger partial charge in [0.05, 0.1) is 11.5 Å². The molecule has 8 nitrogen and oxygen atoms in total. The zero-order chi connectivity index (χ0) is 22.1. The fraction of sp³-hybridized carbons (Fsp3) is 0.409. The molecule has 9 heteroatoms. The SMILES string of the molecule is CN=C(NCc1cccc(S(=O)(=O)NCCOC)c1)NC1CCN(c2ccccc2)C1. The Kier molecular flexibility index (Phi) is 8.27. The van der Waals surface area contributed by atoms with Crippen molar-refractivity contribution >= 4 is 21.7 Å². The van der Waals surface area contributed by atoms with E-state index in [1.165, 1.54) is 12.8 Å². The summed E-state index contributed by atoms with van der Waals surface area (Å²) >= 11 is 0. The highest BCUT2D eigenvalue weighted by Crippen LogP contribution is 2.19. The number of nitrogens with one attached hydrogen (secondary N) is 3. The van der Waals surface area contributed by atoms with Gasteiger partial charge >= 0.3 is 0 Å². The molecule has 3 rings (SSSR count). The maximum Gasteiger partial charge on any atom is 0.240 e. The minimum atomic E-state index is -3.56. The number of rotatable bonds is 9. The van der Waals surface area contributed by atoms with E-state index in [-0.39, 0.29) is 11.4 Å². The lowest BCUT2D eigenvalue weighted by Gasteiger charge is -2.20. The van der Waals surface area contributed by atoms with Crippen LogP contribution in [-0.2, 0) is 21.3 Å². The molecule has 1 unspecified atom stereocenters. The van der Waals surface area contributed by atoms with Crippen molar-refractivity contribution in [3.05, 3.63) is 60.2 Å². The van der Waals surface area contributed by atoms with Gasteiger partial charge in [-0.25, -0.2) is 13.1 Å². The molecule has 0 bridgehead atoms. The highest BCUT2D eigenvalue weighted by Gasteiger charge is 2.23. The van der Waals surface area contributed by atoms with Crippen LogP contribution >= 0.6 is 0 Å². The molecule has 3 N–H and O–H groups in total. The summed E-state index contributed by atoms with van der Waals surface area (Å²) in [4.78, 5) is 6.91. The van der Waals surface area contributed by atoms with E-state index in [1.807, 2.05) is 12.1 Å². The number of anilines is 1. The van der Waals surface area contributed by atoms with Gasteiger partial charge in [0.2, 0.25) is 10.0 Å². The first-order valence-corrected chi connectivity index (χ1v) is 11.8. The smallest absolute Gasteiger partial charge is 0.240 e. The van der Waals surface area contributed by atoms with Crippen molar-refractivity contribution in [2.24, 2.45) is 4.99 Å². The minimum absolute atomic E-state index is 0.235. The maximum absolute atomic E-state index is 12.4. The second kappa shape index (κ2) is 11.1. The first kappa shape index (κ1) is 23.1. The zero-order valence-corrected chi connectivity index (χ0v) is 18.9. The fourth-order valence-electron chi connectivity index (χ4n) is 3.51. The van der Waals surface area contributed by atoms with Crippen molar-refractivity contribution in [2.45, 2.75) is 23.9 Å². The molecule has 168 valence electrons. The third-order valence-corrected chi connectivity index (χ3v) is 6.60. The van der Waals surface area contributed by atoms with Crippen molar-refractivity contribution in [2.75, 3.05) is 45.3 Å². The Morgan fingerprint density at radius 1 is 1.19 bits per heavy atom. The number of methoxy groups -OCH3 is 1. The molecule has 0 amide bonds. The number of sulfonamides is 1. The standard InChI is InChI=1S/C22H31N5O3S/c1-23-22(26-19-11-13-27(17-19)20-8-4-3-5-9-20)24-16-18-7-6-10-21(15-18)31(28,29)25-12-14-30-2/h3-10,15,19,25H,11-14,16-17H2,1-2H3,(H2,23,24,26). The third-order valence-electron chi connectivity index (χ3n) is 5.14. The first-order chi connectivity index (χ1) is 15.0. The van der Waals surface area contributed by atoms with Gasteiger partial charge in [0, 0.05) is 52.1 Å². The monoisotopic (exact) mass is 445 g/mol. The van der Waals surface area contributed by atoms with Crippen molar-refractivity contribution in [3.63, 3.8) is 0 Å². The molecule has 1 aliphatic rings. The van der Waals surface area contributed by atoms with Crippen LogP contribution in [-0.4, -0.2) is 60.8 Å². The molecule has 1 aliphatic heterocycles. The van der Waals surface area contributed by atoms with Gasteiger partial charge in [0.1, 0.15) is 0 Å². The minimum Gasteiger partial charge on any atom is -0.383 e. The zero-order valence-electron chi connectivity index (χ0n) is 18.0. The molecule has 0 saturated carbocycles. The van der Waals surface area contributed by atoms with Crippen LogP contribution in [0.3, 0.4) is 0 Å². The lowest BCUT2D eigenvalue weighted by Crippen LogP contribution is -2.44. The van der Waals surface area contributed by atoms with E-state index in [0.717, 1.165) is 25.1 Å². The Morgan fingerprint density at radius 2 is 2.00 bits per heavy atom. The Hall–Kier alpha value is -2.62. The molecular formula is C22H31N5O3S. The molecule has 2 aromatic carbocycles. The second-order valence-electron chi connectivity index (χ2n) is 7.38. The Bertz CT molecular complexity index is 966. The van der Waals surface area contributed by atoms with Gasteiger partial charge in [-0.3, -0.25) is 4.99 Å². The van der Waals surface area contributed by atoms with Crippen LogP contribution in [0, 0.1) is 0 Å². The van der Waals surface area contributed by atoms with Gasteiger partial charge in [0.15, 0.2) is 5.96 Å². The summed E-state index contributed by atoms with van der Waals surface area (Å²) in [6.45, 7) is 2.93. The van der Waals surface area contributed by atoms with Crippen molar-refractivity contribution < 1.29 is 13.2 Å². The van der Waals surface area contributed by atoms with Crippen LogP contribution in [0.25, 0.3) is 0 Å². The van der Waals surface area contributed by atoms with Gasteiger partial charge in [-0.15, -0.1) is 0 Å². The highest BCUT2D eigenvalue weighted by atomic mass is 32.2. The average molecular weight is 446 g/mol. The van der Waals surface area contributed by atoms with E-state index < -0.39 is 10.0 Å². The summed E-state index contributed by atoms with van der Waals surface area (Å²) < 4.78 is 32.2. The van der Waals surface area contributed by atoms with Gasteiger partial charge in [-0.05, 0) is 36.2 Å². The summed E-state index contributed by atoms with van der Waals surface area (Å²) in [5, 5.41) is 6.75. The first-order valence-electron chi connectivity index (χ1n) is 10.4. The van der Waals surface area contributed by atoms with E-state index in [4.69, 9.17) is 4.74 Å². The quantitative estimate of drug-likeness (QED) is 0.308. The van der Waals surface area contributed by atoms with Gasteiger partial charge in [-0.2, -0.15) is 0 Å². The van der Waals surface area contributed by atoms with Gasteiger partial charge in [0.25, 0.3) is 0 Å². The van der Waals surface area contributed by atoms with Crippen molar-refractivity contribution in [1.29, 1.82) is 0 Å². The number of hydrogen-bond donors (Lipinski definition) is 3. The maximum atomic E-state index is 12.4. The van der Waals surface area contributed by atoms with Crippen LogP contribution in [0.15, 0.2) is 64.5 Å². The van der Waals surface area contributed by atoms with Gasteiger partial charge in [-0.1, -0.05) is 30.3 Å². The normalized spacial score (nSPS) is 17.0. The summed E-state index contributed by atoms with van der Waals surface area (Å²) in [5.74, 6) is 0.700. The molecule has 0 aromatic heterocycles. The molecule has 1 atom stereocenters. The number of nitrogens with zero attached hydrogens (tertiary/aromatic N) is 2. The third kappa shape index (κ3) is 6.68. The van der Waals surface area contributed by atoms with Crippen LogP contribution < -0.4 is 20.3 Å². The van der Waals surface area contributed by atoms with Crippen molar-refractivity contribution in [1.82, 2.24) is 15.4 Å². The number of benzene rings is 2. The lowest BCUT2D eigenvalue weighted by molar-refractivity contribution is 0.204. The number of aliphatic imine (C=N–C) groups is 1. The Labute approximate surface area is 184 Å². The summed E-state index contributed by atoms with van der Waals surface area (Å²) in [7, 11) is -0.290. The molecule has 1 saturated heterocycles. The lowest BCUT2D eigenvalue weighted by atomic mass is 10.2. The topological polar surface area (TPSA) is 95.1 Å². The van der Waals surface area contributed by atoms with Gasteiger partial charge < -0.3 is 20.3 Å². The molecule has 0 spiro atoms. The molecule has 31 heavy (non-hydrogen) atoms. The molecule has 0 radical (unpaired) electrons. The number of hydrogen-bond acceptors (Lipinski definition) is 5. The van der Waals surface area contributed by atoms with Crippen LogP contribution in [0.1, 0.15) is 12.0 Å². The molecule has 1 fully saturated rings. The van der Waals surface area contributed by atoms with E-state index in [1.54, 1.807) is 25.2 Å². The van der Waals surface area contributed by atoms with Crippen molar-refractivity contribution in [3.8, 4) is 0 Å². The largest absolute Gasteiger partial charge is 0.383 e. The summed E-state index contributed by atoms with van der Waals surface area (Å²) in [6.07, 6.45) is 1.02. The number of guanidine groups is 1. The van der Waals surface area contributed by atoms with Crippen LogP contribution in [0.2, 0.25) is 0 Å². The van der Waals surface area contributed by atoms with E-state index in [9.17, 15) is 8.42 Å². The molecule has 0 aliphatic carbocycles. The second-order valence-corrected chi connectivity index (χ2v) is 9.14. The Balaban J connectivity index is 1.53. The predicted molar refractivity (Wildman–Crippen MR) is 124 cm³/mol. The molecule has 2 aromatic rings.